The molecule has 2 unspecified atom stereocenters. The number of H-pyrrole nitrogens is 1. The highest BCUT2D eigenvalue weighted by atomic mass is 79.9. The van der Waals surface area contributed by atoms with Gasteiger partial charge in [0, 0.05) is 12.6 Å². The lowest BCUT2D eigenvalue weighted by Crippen LogP contribution is -2.43. The van der Waals surface area contributed by atoms with Gasteiger partial charge in [-0.1, -0.05) is 38.8 Å². The molecular formula is C15H18Br2N2O6. The second kappa shape index (κ2) is 8.54. The first-order chi connectivity index (χ1) is 11.8. The van der Waals surface area contributed by atoms with Crippen molar-refractivity contribution in [1.82, 2.24) is 9.55 Å². The Labute approximate surface area is 159 Å². The van der Waals surface area contributed by atoms with Gasteiger partial charge in [0.25, 0.3) is 5.56 Å². The van der Waals surface area contributed by atoms with Gasteiger partial charge in [-0.3, -0.25) is 19.1 Å². The van der Waals surface area contributed by atoms with Crippen LogP contribution in [-0.2, 0) is 9.53 Å². The third-order valence-electron chi connectivity index (χ3n) is 3.95. The Bertz CT molecular complexity index is 774. The summed E-state index contributed by atoms with van der Waals surface area (Å²) in [5.41, 5.74) is -1.06. The number of aromatic nitrogens is 2. The fourth-order valence-electron chi connectivity index (χ4n) is 2.58. The number of aliphatic hydroxyl groups is 2. The zero-order valence-electron chi connectivity index (χ0n) is 13.3. The van der Waals surface area contributed by atoms with E-state index in [4.69, 9.17) is 4.74 Å². The van der Waals surface area contributed by atoms with Gasteiger partial charge in [-0.2, -0.15) is 0 Å². The molecule has 0 aliphatic carbocycles. The van der Waals surface area contributed by atoms with Gasteiger partial charge in [0.05, 0.1) is 16.5 Å². The number of aliphatic hydroxyl groups excluding tert-OH is 2. The van der Waals surface area contributed by atoms with Crippen LogP contribution < -0.4 is 11.2 Å². The van der Waals surface area contributed by atoms with Crippen LogP contribution in [0, 0.1) is 0 Å². The molecule has 8 nitrogen and oxygen atoms in total. The largest absolute Gasteiger partial charge is 0.390 e. The Morgan fingerprint density at radius 3 is 2.84 bits per heavy atom. The SMILES string of the molecule is CCC(Br)C(=O)C(O)[C@H]1O[C@@H](n2cc(C=CBr)c(=O)[nH]c2=O)C[C@@H]1O. The lowest BCUT2D eigenvalue weighted by Gasteiger charge is -2.22. The highest BCUT2D eigenvalue weighted by Crippen LogP contribution is 2.30. The number of ketones is 1. The maximum absolute atomic E-state index is 12.1. The van der Waals surface area contributed by atoms with Gasteiger partial charge in [0.1, 0.15) is 18.4 Å². The summed E-state index contributed by atoms with van der Waals surface area (Å²) in [5, 5.41) is 20.3. The summed E-state index contributed by atoms with van der Waals surface area (Å²) < 4.78 is 6.68. The number of hydrogen-bond acceptors (Lipinski definition) is 6. The minimum atomic E-state index is -1.52. The van der Waals surface area contributed by atoms with Gasteiger partial charge in [-0.15, -0.1) is 0 Å². The smallest absolute Gasteiger partial charge is 0.330 e. The Morgan fingerprint density at radius 2 is 2.24 bits per heavy atom. The number of carbonyl (C=O) groups excluding carboxylic acids is 1. The van der Waals surface area contributed by atoms with E-state index in [1.165, 1.54) is 17.3 Å². The van der Waals surface area contributed by atoms with Crippen molar-refractivity contribution in [3.05, 3.63) is 37.6 Å². The molecule has 1 aliphatic rings. The van der Waals surface area contributed by atoms with Crippen molar-refractivity contribution in [3.8, 4) is 0 Å². The summed E-state index contributed by atoms with van der Waals surface area (Å²) in [6, 6.07) is 0. The number of alkyl halides is 1. The van der Waals surface area contributed by atoms with Crippen molar-refractivity contribution in [3.63, 3.8) is 0 Å². The zero-order valence-corrected chi connectivity index (χ0v) is 16.4. The van der Waals surface area contributed by atoms with E-state index >= 15 is 0 Å². The number of nitrogens with zero attached hydrogens (tertiary/aromatic N) is 1. The summed E-state index contributed by atoms with van der Waals surface area (Å²) in [6.45, 7) is 1.78. The van der Waals surface area contributed by atoms with E-state index < -0.39 is 46.4 Å². The first kappa shape index (κ1) is 20.2. The van der Waals surface area contributed by atoms with Crippen LogP contribution >= 0.6 is 31.9 Å². The van der Waals surface area contributed by atoms with Gasteiger partial charge in [-0.25, -0.2) is 4.79 Å². The lowest BCUT2D eigenvalue weighted by molar-refractivity contribution is -0.140. The Balaban J connectivity index is 2.27. The van der Waals surface area contributed by atoms with E-state index in [0.29, 0.717) is 6.42 Å². The van der Waals surface area contributed by atoms with E-state index in [2.05, 4.69) is 36.8 Å². The molecule has 1 fully saturated rings. The molecule has 1 aromatic heterocycles. The van der Waals surface area contributed by atoms with Crippen LogP contribution in [0.1, 0.15) is 31.6 Å². The van der Waals surface area contributed by atoms with Gasteiger partial charge in [-0.05, 0) is 17.5 Å². The van der Waals surface area contributed by atoms with Gasteiger partial charge in [0.15, 0.2) is 5.78 Å². The van der Waals surface area contributed by atoms with Crippen molar-refractivity contribution in [2.75, 3.05) is 0 Å². The standard InChI is InChI=1S/C15H18Br2N2O6/c1-2-8(17)11(21)12(22)13-9(20)5-10(25-13)19-6-7(3-4-16)14(23)18-15(19)24/h3-4,6,8-10,12-13,20,22H,2,5H2,1H3,(H,18,23,24)/t8?,9-,10+,12?,13-/m0/s1. The number of Topliss-reactive ketones (excluding diaryl/α,β-unsaturated/α-hetero) is 1. The highest BCUT2D eigenvalue weighted by molar-refractivity contribution is 9.11. The average molecular weight is 482 g/mol. The molecule has 0 spiro atoms. The Morgan fingerprint density at radius 1 is 1.56 bits per heavy atom. The molecule has 1 aliphatic heterocycles. The topological polar surface area (TPSA) is 122 Å². The van der Waals surface area contributed by atoms with E-state index in [1.807, 2.05) is 0 Å². The minimum Gasteiger partial charge on any atom is -0.390 e. The molecule has 3 N–H and O–H groups in total. The molecule has 2 heterocycles. The molecule has 0 amide bonds. The summed E-state index contributed by atoms with van der Waals surface area (Å²) in [4.78, 5) is 38.9. The predicted octanol–water partition coefficient (Wildman–Crippen LogP) is 0.654. The summed E-state index contributed by atoms with van der Waals surface area (Å²) in [5.74, 6) is -0.496. The van der Waals surface area contributed by atoms with Crippen molar-refractivity contribution in [1.29, 1.82) is 0 Å². The summed E-state index contributed by atoms with van der Waals surface area (Å²) >= 11 is 6.22. The molecule has 0 aromatic carbocycles. The van der Waals surface area contributed by atoms with E-state index in [0.717, 1.165) is 4.57 Å². The number of halogens is 2. The predicted molar refractivity (Wildman–Crippen MR) is 97.8 cm³/mol. The first-order valence-corrected chi connectivity index (χ1v) is 9.44. The maximum Gasteiger partial charge on any atom is 0.330 e. The summed E-state index contributed by atoms with van der Waals surface area (Å²) in [6.07, 6.45) is -1.50. The van der Waals surface area contributed by atoms with Crippen LogP contribution in [0.15, 0.2) is 20.8 Å². The monoisotopic (exact) mass is 480 g/mol. The van der Waals surface area contributed by atoms with Crippen LogP contribution in [0.2, 0.25) is 0 Å². The fourth-order valence-corrected chi connectivity index (χ4v) is 3.14. The quantitative estimate of drug-likeness (QED) is 0.513. The van der Waals surface area contributed by atoms with Crippen LogP contribution in [0.4, 0.5) is 0 Å². The maximum atomic E-state index is 12.1. The van der Waals surface area contributed by atoms with Crippen molar-refractivity contribution >= 4 is 43.7 Å². The van der Waals surface area contributed by atoms with Gasteiger partial charge < -0.3 is 14.9 Å². The molecular weight excluding hydrogens is 464 g/mol. The molecule has 25 heavy (non-hydrogen) atoms. The number of aromatic amines is 1. The molecule has 0 bridgehead atoms. The third-order valence-corrected chi connectivity index (χ3v) is 5.32. The fraction of sp³-hybridized carbons (Fsp3) is 0.533. The van der Waals surface area contributed by atoms with Crippen molar-refractivity contribution in [2.45, 2.75) is 49.1 Å². The lowest BCUT2D eigenvalue weighted by atomic mass is 10.0. The molecule has 1 saturated heterocycles. The highest BCUT2D eigenvalue weighted by Gasteiger charge is 2.43. The molecule has 2 rings (SSSR count). The molecule has 138 valence electrons. The second-order valence-electron chi connectivity index (χ2n) is 5.63. The van der Waals surface area contributed by atoms with E-state index in [-0.39, 0.29) is 12.0 Å². The van der Waals surface area contributed by atoms with Crippen molar-refractivity contribution < 1.29 is 19.7 Å². The number of rotatable bonds is 6. The minimum absolute atomic E-state index is 0.00248. The third kappa shape index (κ3) is 4.37. The zero-order chi connectivity index (χ0) is 18.7. The van der Waals surface area contributed by atoms with E-state index in [9.17, 15) is 24.6 Å². The number of nitrogens with one attached hydrogen (secondary N) is 1. The molecule has 0 saturated carbocycles. The number of carbonyl (C=O) groups is 1. The van der Waals surface area contributed by atoms with Crippen LogP contribution in [0.5, 0.6) is 0 Å². The average Bonchev–Trinajstić information content (AvgIpc) is 2.96. The number of hydrogen-bond donors (Lipinski definition) is 3. The molecule has 0 radical (unpaired) electrons. The molecule has 5 atom stereocenters. The Kier molecular flexibility index (Phi) is 6.92. The molecule has 1 aromatic rings. The Hall–Kier alpha value is -1.07. The van der Waals surface area contributed by atoms with E-state index in [1.54, 1.807) is 6.92 Å². The van der Waals surface area contributed by atoms with Gasteiger partial charge >= 0.3 is 5.69 Å². The van der Waals surface area contributed by atoms with Gasteiger partial charge in [0.2, 0.25) is 0 Å². The van der Waals surface area contributed by atoms with Crippen LogP contribution in [-0.4, -0.2) is 48.7 Å². The first-order valence-electron chi connectivity index (χ1n) is 7.61. The van der Waals surface area contributed by atoms with Crippen molar-refractivity contribution in [2.24, 2.45) is 0 Å². The van der Waals surface area contributed by atoms with Crippen LogP contribution in [0.25, 0.3) is 6.08 Å². The molecule has 10 heteroatoms. The second-order valence-corrected chi connectivity index (χ2v) is 7.26. The number of ether oxygens (including phenoxy) is 1. The normalized spacial score (nSPS) is 26.0. The van der Waals surface area contributed by atoms with Crippen LogP contribution in [0.3, 0.4) is 0 Å². The summed E-state index contributed by atoms with van der Waals surface area (Å²) in [7, 11) is 0.